The van der Waals surface area contributed by atoms with Crippen LogP contribution in [-0.2, 0) is 25.5 Å². The van der Waals surface area contributed by atoms with Crippen LogP contribution in [0.3, 0.4) is 0 Å². The molecule has 0 saturated heterocycles. The zero-order chi connectivity index (χ0) is 26.9. The van der Waals surface area contributed by atoms with Gasteiger partial charge in [0.05, 0.1) is 42.8 Å². The molecule has 1 amide bonds. The van der Waals surface area contributed by atoms with E-state index in [1.165, 1.54) is 7.11 Å². The second-order valence-electron chi connectivity index (χ2n) is 8.91. The molecule has 0 spiro atoms. The molecule has 0 atom stereocenters. The van der Waals surface area contributed by atoms with Gasteiger partial charge in [0.15, 0.2) is 0 Å². The Kier molecular flexibility index (Phi) is 9.26. The van der Waals surface area contributed by atoms with Crippen LogP contribution < -0.4 is 10.6 Å². The number of benzene rings is 3. The lowest BCUT2D eigenvalue weighted by Gasteiger charge is -2.22. The van der Waals surface area contributed by atoms with Crippen molar-refractivity contribution in [3.05, 3.63) is 95.1 Å². The van der Waals surface area contributed by atoms with Crippen molar-refractivity contribution in [2.75, 3.05) is 58.3 Å². The minimum atomic E-state index is -0.455. The SMILES string of the molecule is COCCN(CCOC)Cc1ccc(N/C(=C2\C(=O)Nc3cc(C(=O)OC)ccc32)c2ccccc2)cc1. The van der Waals surface area contributed by atoms with Crippen molar-refractivity contribution < 1.29 is 23.8 Å². The van der Waals surface area contributed by atoms with Crippen molar-refractivity contribution in [3.8, 4) is 0 Å². The number of nitrogens with zero attached hydrogens (tertiary/aromatic N) is 1. The van der Waals surface area contributed by atoms with Gasteiger partial charge in [-0.1, -0.05) is 48.5 Å². The molecule has 38 heavy (non-hydrogen) atoms. The van der Waals surface area contributed by atoms with Gasteiger partial charge in [0.1, 0.15) is 0 Å². The van der Waals surface area contributed by atoms with Crippen LogP contribution in [0.2, 0.25) is 0 Å². The molecule has 8 heteroatoms. The molecule has 0 aliphatic carbocycles. The van der Waals surface area contributed by atoms with E-state index in [0.29, 0.717) is 35.7 Å². The molecule has 0 bridgehead atoms. The van der Waals surface area contributed by atoms with Gasteiger partial charge in [0.2, 0.25) is 0 Å². The number of hydrogen-bond donors (Lipinski definition) is 2. The van der Waals surface area contributed by atoms with Crippen LogP contribution >= 0.6 is 0 Å². The lowest BCUT2D eigenvalue weighted by atomic mass is 9.99. The molecule has 3 aromatic rings. The van der Waals surface area contributed by atoms with Gasteiger partial charge < -0.3 is 24.8 Å². The fourth-order valence-electron chi connectivity index (χ4n) is 4.36. The predicted molar refractivity (Wildman–Crippen MR) is 149 cm³/mol. The van der Waals surface area contributed by atoms with E-state index in [1.807, 2.05) is 42.5 Å². The van der Waals surface area contributed by atoms with Gasteiger partial charge in [0.25, 0.3) is 5.91 Å². The Balaban J connectivity index is 1.63. The third-order valence-corrected chi connectivity index (χ3v) is 6.35. The Morgan fingerprint density at radius 3 is 2.18 bits per heavy atom. The normalized spacial score (nSPS) is 13.7. The highest BCUT2D eigenvalue weighted by Gasteiger charge is 2.29. The lowest BCUT2D eigenvalue weighted by molar-refractivity contribution is -0.110. The van der Waals surface area contributed by atoms with Crippen LogP contribution in [0.15, 0.2) is 72.8 Å². The molecule has 0 fully saturated rings. The number of ether oxygens (including phenoxy) is 3. The number of rotatable bonds is 12. The largest absolute Gasteiger partial charge is 0.465 e. The molecular weight excluding hydrogens is 482 g/mol. The third-order valence-electron chi connectivity index (χ3n) is 6.35. The monoisotopic (exact) mass is 515 g/mol. The molecule has 0 radical (unpaired) electrons. The summed E-state index contributed by atoms with van der Waals surface area (Å²) in [6.07, 6.45) is 0. The van der Waals surface area contributed by atoms with E-state index in [-0.39, 0.29) is 5.91 Å². The maximum Gasteiger partial charge on any atom is 0.337 e. The molecule has 1 aliphatic rings. The third kappa shape index (κ3) is 6.47. The first-order chi connectivity index (χ1) is 18.5. The number of fused-ring (bicyclic) bond motifs is 1. The Bertz CT molecular complexity index is 1280. The minimum absolute atomic E-state index is 0.239. The van der Waals surface area contributed by atoms with Crippen LogP contribution in [0, 0.1) is 0 Å². The number of amides is 1. The van der Waals surface area contributed by atoms with Crippen LogP contribution in [0.25, 0.3) is 11.3 Å². The fourth-order valence-corrected chi connectivity index (χ4v) is 4.36. The van der Waals surface area contributed by atoms with E-state index in [2.05, 4.69) is 27.7 Å². The average Bonchev–Trinajstić information content (AvgIpc) is 3.28. The quantitative estimate of drug-likeness (QED) is 0.271. The maximum absolute atomic E-state index is 13.2. The van der Waals surface area contributed by atoms with Gasteiger partial charge in [-0.15, -0.1) is 0 Å². The van der Waals surface area contributed by atoms with Gasteiger partial charge in [-0.25, -0.2) is 4.79 Å². The summed E-state index contributed by atoms with van der Waals surface area (Å²) in [5.74, 6) is -0.694. The second kappa shape index (κ2) is 13.0. The number of hydrogen-bond acceptors (Lipinski definition) is 7. The summed E-state index contributed by atoms with van der Waals surface area (Å²) >= 11 is 0. The van der Waals surface area contributed by atoms with Gasteiger partial charge in [0, 0.05) is 45.1 Å². The van der Waals surface area contributed by atoms with E-state index in [9.17, 15) is 9.59 Å². The Labute approximate surface area is 223 Å². The number of methoxy groups -OCH3 is 3. The molecule has 0 aromatic heterocycles. The molecule has 2 N–H and O–H groups in total. The minimum Gasteiger partial charge on any atom is -0.465 e. The Morgan fingerprint density at radius 2 is 1.55 bits per heavy atom. The zero-order valence-corrected chi connectivity index (χ0v) is 22.0. The number of anilines is 2. The van der Waals surface area contributed by atoms with E-state index < -0.39 is 5.97 Å². The standard InChI is InChI=1S/C30H33N3O5/c1-36-17-15-33(16-18-37-2)20-21-9-12-24(13-10-21)31-28(22-7-5-4-6-8-22)27-25-14-11-23(30(35)38-3)19-26(25)32-29(27)34/h4-14,19,31H,15-18,20H2,1-3H3,(H,32,34)/b28-27-. The van der Waals surface area contributed by atoms with Crippen LogP contribution in [0.1, 0.15) is 27.0 Å². The van der Waals surface area contributed by atoms with Crippen molar-refractivity contribution in [2.24, 2.45) is 0 Å². The van der Waals surface area contributed by atoms with E-state index >= 15 is 0 Å². The molecule has 0 unspecified atom stereocenters. The highest BCUT2D eigenvalue weighted by atomic mass is 16.5. The smallest absolute Gasteiger partial charge is 0.337 e. The second-order valence-corrected chi connectivity index (χ2v) is 8.91. The number of carbonyl (C=O) groups is 2. The van der Waals surface area contributed by atoms with E-state index in [0.717, 1.165) is 42.0 Å². The lowest BCUT2D eigenvalue weighted by Crippen LogP contribution is -2.30. The van der Waals surface area contributed by atoms with Crippen LogP contribution in [0.5, 0.6) is 0 Å². The highest BCUT2D eigenvalue weighted by molar-refractivity contribution is 6.37. The number of carbonyl (C=O) groups excluding carboxylic acids is 2. The summed E-state index contributed by atoms with van der Waals surface area (Å²) in [5.41, 5.74) is 5.76. The molecule has 0 saturated carbocycles. The van der Waals surface area contributed by atoms with Crippen molar-refractivity contribution in [1.29, 1.82) is 0 Å². The van der Waals surface area contributed by atoms with E-state index in [1.54, 1.807) is 32.4 Å². The summed E-state index contributed by atoms with van der Waals surface area (Å²) in [6.45, 7) is 3.72. The van der Waals surface area contributed by atoms with Crippen molar-refractivity contribution >= 4 is 34.5 Å². The van der Waals surface area contributed by atoms with Crippen molar-refractivity contribution in [2.45, 2.75) is 6.54 Å². The van der Waals surface area contributed by atoms with Gasteiger partial charge >= 0.3 is 5.97 Å². The summed E-state index contributed by atoms with van der Waals surface area (Å²) < 4.78 is 15.3. The summed E-state index contributed by atoms with van der Waals surface area (Å²) in [4.78, 5) is 27.5. The first-order valence-electron chi connectivity index (χ1n) is 12.4. The van der Waals surface area contributed by atoms with Crippen molar-refractivity contribution in [3.63, 3.8) is 0 Å². The number of esters is 1. The summed E-state index contributed by atoms with van der Waals surface area (Å²) in [7, 11) is 4.74. The fraction of sp³-hybridized carbons (Fsp3) is 0.267. The Hall–Kier alpha value is -3.98. The molecule has 8 nitrogen and oxygen atoms in total. The van der Waals surface area contributed by atoms with Gasteiger partial charge in [-0.3, -0.25) is 9.69 Å². The summed E-state index contributed by atoms with van der Waals surface area (Å²) in [5, 5.41) is 6.38. The first-order valence-corrected chi connectivity index (χ1v) is 12.4. The van der Waals surface area contributed by atoms with E-state index in [4.69, 9.17) is 14.2 Å². The summed E-state index contributed by atoms with van der Waals surface area (Å²) in [6, 6.07) is 23.0. The van der Waals surface area contributed by atoms with Crippen molar-refractivity contribution in [1.82, 2.24) is 4.90 Å². The van der Waals surface area contributed by atoms with Crippen LogP contribution in [-0.4, -0.2) is 64.4 Å². The van der Waals surface area contributed by atoms with Gasteiger partial charge in [-0.2, -0.15) is 0 Å². The molecule has 1 aliphatic heterocycles. The molecular formula is C30H33N3O5. The highest BCUT2D eigenvalue weighted by Crippen LogP contribution is 2.38. The zero-order valence-electron chi connectivity index (χ0n) is 22.0. The molecule has 1 heterocycles. The molecule has 198 valence electrons. The molecule has 3 aromatic carbocycles. The number of nitrogens with one attached hydrogen (secondary N) is 2. The molecule has 4 rings (SSSR count). The predicted octanol–water partition coefficient (Wildman–Crippen LogP) is 4.50. The average molecular weight is 516 g/mol. The van der Waals surface area contributed by atoms with Gasteiger partial charge in [-0.05, 0) is 35.4 Å². The Morgan fingerprint density at radius 1 is 0.868 bits per heavy atom. The topological polar surface area (TPSA) is 89.1 Å². The first kappa shape index (κ1) is 27.1. The van der Waals surface area contributed by atoms with Crippen LogP contribution in [0.4, 0.5) is 11.4 Å². The maximum atomic E-state index is 13.2.